The molecule has 0 radical (unpaired) electrons. The number of halogens is 2. The summed E-state index contributed by atoms with van der Waals surface area (Å²) in [4.78, 5) is 37.6. The first-order valence-corrected chi connectivity index (χ1v) is 10.3. The van der Waals surface area contributed by atoms with Crippen LogP contribution in [0.25, 0.3) is 0 Å². The number of hydrogen-bond donors (Lipinski definition) is 2. The molecule has 1 heterocycles. The predicted molar refractivity (Wildman–Crippen MR) is 114 cm³/mol. The van der Waals surface area contributed by atoms with Crippen molar-refractivity contribution in [3.63, 3.8) is 0 Å². The van der Waals surface area contributed by atoms with Crippen LogP contribution in [-0.4, -0.2) is 54.5 Å². The molecule has 0 spiro atoms. The molecule has 1 aromatic rings. The fourth-order valence-electron chi connectivity index (χ4n) is 3.08. The largest absolute Gasteiger partial charge is 0.460 e. The molecular formula is C20H25Cl2N3O5. The topological polar surface area (TPSA) is 97.0 Å². The van der Waals surface area contributed by atoms with Gasteiger partial charge in [-0.3, -0.25) is 9.69 Å². The van der Waals surface area contributed by atoms with Gasteiger partial charge in [-0.25, -0.2) is 9.59 Å². The van der Waals surface area contributed by atoms with E-state index in [1.54, 1.807) is 31.2 Å². The fraction of sp³-hybridized carbons (Fsp3) is 0.450. The van der Waals surface area contributed by atoms with Crippen LogP contribution in [0.5, 0.6) is 0 Å². The lowest BCUT2D eigenvalue weighted by molar-refractivity contribution is -0.141. The van der Waals surface area contributed by atoms with Crippen LogP contribution in [-0.2, 0) is 19.1 Å². The molecule has 2 N–H and O–H groups in total. The summed E-state index contributed by atoms with van der Waals surface area (Å²) in [5.41, 5.74) is 1.86. The SMILES string of the molecule is CCCN1C(=O)NC(c2cccc(NC(=O)C(Cl)Cl)c2)C(C(=O)OCCOC)=C1C. The van der Waals surface area contributed by atoms with Crippen molar-refractivity contribution in [1.82, 2.24) is 10.2 Å². The second kappa shape index (κ2) is 11.2. The van der Waals surface area contributed by atoms with E-state index < -0.39 is 22.8 Å². The Morgan fingerprint density at radius 1 is 1.30 bits per heavy atom. The lowest BCUT2D eigenvalue weighted by Crippen LogP contribution is -2.48. The lowest BCUT2D eigenvalue weighted by atomic mass is 9.94. The minimum Gasteiger partial charge on any atom is -0.460 e. The van der Waals surface area contributed by atoms with Crippen LogP contribution in [0.3, 0.4) is 0 Å². The van der Waals surface area contributed by atoms with Crippen molar-refractivity contribution in [3.05, 3.63) is 41.1 Å². The quantitative estimate of drug-likeness (QED) is 0.336. The monoisotopic (exact) mass is 457 g/mol. The zero-order chi connectivity index (χ0) is 22.3. The Hall–Kier alpha value is -2.29. The number of carbonyl (C=O) groups excluding carboxylic acids is 3. The third-order valence-corrected chi connectivity index (χ3v) is 4.87. The van der Waals surface area contributed by atoms with E-state index in [4.69, 9.17) is 32.7 Å². The van der Waals surface area contributed by atoms with Crippen LogP contribution in [0.1, 0.15) is 31.9 Å². The summed E-state index contributed by atoms with van der Waals surface area (Å²) in [5, 5.41) is 5.44. The molecule has 0 fully saturated rings. The summed E-state index contributed by atoms with van der Waals surface area (Å²) in [5.74, 6) is -1.13. The number of alkyl halides is 2. The second-order valence-corrected chi connectivity index (χ2v) is 7.67. The first-order chi connectivity index (χ1) is 14.3. The van der Waals surface area contributed by atoms with E-state index in [1.807, 2.05) is 6.92 Å². The van der Waals surface area contributed by atoms with Gasteiger partial charge in [-0.05, 0) is 31.0 Å². The summed E-state index contributed by atoms with van der Waals surface area (Å²) in [7, 11) is 1.51. The summed E-state index contributed by atoms with van der Waals surface area (Å²) in [6, 6.07) is 5.66. The fourth-order valence-corrected chi connectivity index (χ4v) is 3.19. The Kier molecular flexibility index (Phi) is 8.95. The van der Waals surface area contributed by atoms with Crippen molar-refractivity contribution in [2.75, 3.05) is 32.2 Å². The molecule has 0 saturated heterocycles. The lowest BCUT2D eigenvalue weighted by Gasteiger charge is -2.35. The van der Waals surface area contributed by atoms with Gasteiger partial charge in [0.1, 0.15) is 6.61 Å². The number of esters is 1. The van der Waals surface area contributed by atoms with E-state index in [-0.39, 0.29) is 19.2 Å². The molecule has 0 saturated carbocycles. The Labute approximate surface area is 185 Å². The van der Waals surface area contributed by atoms with E-state index in [2.05, 4.69) is 10.6 Å². The number of allylic oxidation sites excluding steroid dienone is 1. The minimum absolute atomic E-state index is 0.0868. The first-order valence-electron chi connectivity index (χ1n) is 9.44. The average molecular weight is 458 g/mol. The van der Waals surface area contributed by atoms with Gasteiger partial charge in [-0.2, -0.15) is 0 Å². The number of rotatable bonds is 9. The smallest absolute Gasteiger partial charge is 0.338 e. The Bertz CT molecular complexity index is 828. The molecule has 10 heteroatoms. The summed E-state index contributed by atoms with van der Waals surface area (Å²) < 4.78 is 10.3. The van der Waals surface area contributed by atoms with Crippen LogP contribution in [0.15, 0.2) is 35.5 Å². The highest BCUT2D eigenvalue weighted by atomic mass is 35.5. The highest BCUT2D eigenvalue weighted by molar-refractivity contribution is 6.54. The van der Waals surface area contributed by atoms with Gasteiger partial charge in [-0.1, -0.05) is 42.3 Å². The van der Waals surface area contributed by atoms with Gasteiger partial charge >= 0.3 is 12.0 Å². The van der Waals surface area contributed by atoms with Gasteiger partial charge in [0.15, 0.2) is 4.84 Å². The molecule has 1 atom stereocenters. The maximum absolute atomic E-state index is 12.9. The van der Waals surface area contributed by atoms with E-state index in [9.17, 15) is 14.4 Å². The van der Waals surface area contributed by atoms with E-state index in [0.717, 1.165) is 6.42 Å². The number of hydrogen-bond acceptors (Lipinski definition) is 5. The van der Waals surface area contributed by atoms with Crippen molar-refractivity contribution in [2.24, 2.45) is 0 Å². The number of urea groups is 1. The minimum atomic E-state index is -1.22. The maximum Gasteiger partial charge on any atom is 0.338 e. The molecule has 1 aliphatic rings. The van der Waals surface area contributed by atoms with Gasteiger partial charge in [0.25, 0.3) is 5.91 Å². The van der Waals surface area contributed by atoms with Gasteiger partial charge in [0.2, 0.25) is 0 Å². The third kappa shape index (κ3) is 5.87. The Morgan fingerprint density at radius 2 is 2.03 bits per heavy atom. The zero-order valence-electron chi connectivity index (χ0n) is 17.0. The molecule has 1 aliphatic heterocycles. The molecule has 1 unspecified atom stereocenters. The van der Waals surface area contributed by atoms with E-state index >= 15 is 0 Å². The van der Waals surface area contributed by atoms with Crippen LogP contribution in [0.2, 0.25) is 0 Å². The number of carbonyl (C=O) groups is 3. The molecule has 0 bridgehead atoms. The number of ether oxygens (including phenoxy) is 2. The van der Waals surface area contributed by atoms with Crippen LogP contribution >= 0.6 is 23.2 Å². The van der Waals surface area contributed by atoms with Crippen LogP contribution in [0.4, 0.5) is 10.5 Å². The average Bonchev–Trinajstić information content (AvgIpc) is 2.70. The summed E-state index contributed by atoms with van der Waals surface area (Å²) >= 11 is 11.2. The van der Waals surface area contributed by atoms with E-state index in [0.29, 0.717) is 29.1 Å². The van der Waals surface area contributed by atoms with Crippen molar-refractivity contribution in [2.45, 2.75) is 31.1 Å². The standard InChI is InChI=1S/C20H25Cl2N3O5/c1-4-8-25-12(2)15(19(27)30-10-9-29-3)16(24-20(25)28)13-6-5-7-14(11-13)23-18(26)17(21)22/h5-7,11,16-17H,4,8-10H2,1-3H3,(H,23,26)(H,24,28). The van der Waals surface area contributed by atoms with Crippen LogP contribution < -0.4 is 10.6 Å². The number of nitrogens with zero attached hydrogens (tertiary/aromatic N) is 1. The van der Waals surface area contributed by atoms with Gasteiger partial charge < -0.3 is 20.1 Å². The number of nitrogens with one attached hydrogen (secondary N) is 2. The zero-order valence-corrected chi connectivity index (χ0v) is 18.5. The normalized spacial score (nSPS) is 16.5. The van der Waals surface area contributed by atoms with Gasteiger partial charge in [0.05, 0.1) is 18.2 Å². The summed E-state index contributed by atoms with van der Waals surface area (Å²) in [6.07, 6.45) is 0.723. The Morgan fingerprint density at radius 3 is 2.67 bits per heavy atom. The molecule has 0 aliphatic carbocycles. The molecule has 8 nitrogen and oxygen atoms in total. The Balaban J connectivity index is 2.41. The van der Waals surface area contributed by atoms with Crippen molar-refractivity contribution < 1.29 is 23.9 Å². The molecule has 1 aromatic carbocycles. The number of amides is 3. The van der Waals surface area contributed by atoms with Crippen molar-refractivity contribution in [3.8, 4) is 0 Å². The molecule has 3 amide bonds. The highest BCUT2D eigenvalue weighted by Gasteiger charge is 2.36. The second-order valence-electron chi connectivity index (χ2n) is 6.58. The van der Waals surface area contributed by atoms with Crippen molar-refractivity contribution >= 4 is 46.8 Å². The molecule has 0 aromatic heterocycles. The third-order valence-electron chi connectivity index (χ3n) is 4.47. The summed E-state index contributed by atoms with van der Waals surface area (Å²) in [6.45, 7) is 4.46. The molecule has 30 heavy (non-hydrogen) atoms. The van der Waals surface area contributed by atoms with Crippen LogP contribution in [0, 0.1) is 0 Å². The molecule has 164 valence electrons. The van der Waals surface area contributed by atoms with Gasteiger partial charge in [-0.15, -0.1) is 0 Å². The maximum atomic E-state index is 12.9. The van der Waals surface area contributed by atoms with E-state index in [1.165, 1.54) is 12.0 Å². The number of anilines is 1. The highest BCUT2D eigenvalue weighted by Crippen LogP contribution is 2.32. The first kappa shape index (κ1) is 24.0. The predicted octanol–water partition coefficient (Wildman–Crippen LogP) is 3.37. The molecule has 2 rings (SSSR count). The van der Waals surface area contributed by atoms with Gasteiger partial charge in [0, 0.05) is 25.0 Å². The molecular weight excluding hydrogens is 433 g/mol. The number of methoxy groups -OCH3 is 1. The van der Waals surface area contributed by atoms with Crippen molar-refractivity contribution in [1.29, 1.82) is 0 Å². The number of benzene rings is 1.